The van der Waals surface area contributed by atoms with Crippen LogP contribution in [0.5, 0.6) is 0 Å². The summed E-state index contributed by atoms with van der Waals surface area (Å²) in [6.07, 6.45) is 2.44. The fourth-order valence-corrected chi connectivity index (χ4v) is 2.88. The van der Waals surface area contributed by atoms with Crippen molar-refractivity contribution in [2.75, 3.05) is 17.3 Å². The molecule has 0 radical (unpaired) electrons. The Morgan fingerprint density at radius 1 is 1.65 bits per heavy atom. The van der Waals surface area contributed by atoms with Crippen LogP contribution in [0.25, 0.3) is 0 Å². The first kappa shape index (κ1) is 14.1. The zero-order chi connectivity index (χ0) is 13.0. The highest BCUT2D eigenvalue weighted by Gasteiger charge is 2.15. The molecule has 0 aliphatic heterocycles. The normalized spacial score (nSPS) is 14.3. The molecule has 0 bridgehead atoms. The number of aryl methyl sites for hydroxylation is 1. The van der Waals surface area contributed by atoms with Crippen molar-refractivity contribution in [1.29, 1.82) is 0 Å². The number of rotatable bonds is 6. The second-order valence-electron chi connectivity index (χ2n) is 3.84. The Bertz CT molecular complexity index is 431. The summed E-state index contributed by atoms with van der Waals surface area (Å²) in [7, 11) is -0.802. The highest BCUT2D eigenvalue weighted by Crippen LogP contribution is 2.22. The quantitative estimate of drug-likeness (QED) is 0.827. The largest absolute Gasteiger partial charge is 0.476 e. The molecular formula is C10H16N2O3S2. The van der Waals surface area contributed by atoms with Gasteiger partial charge in [-0.05, 0) is 20.3 Å². The Morgan fingerprint density at radius 2 is 2.29 bits per heavy atom. The average molecular weight is 276 g/mol. The number of carbonyl (C=O) groups is 1. The van der Waals surface area contributed by atoms with Gasteiger partial charge in [0.05, 0.1) is 0 Å². The van der Waals surface area contributed by atoms with Crippen molar-refractivity contribution in [3.8, 4) is 0 Å². The van der Waals surface area contributed by atoms with E-state index in [4.69, 9.17) is 5.11 Å². The first-order chi connectivity index (χ1) is 7.90. The van der Waals surface area contributed by atoms with Gasteiger partial charge in [0.1, 0.15) is 0 Å². The van der Waals surface area contributed by atoms with E-state index in [9.17, 15) is 9.00 Å². The molecule has 0 spiro atoms. The van der Waals surface area contributed by atoms with Crippen LogP contribution in [0.4, 0.5) is 5.13 Å². The number of carboxylic acids is 1. The molecule has 1 aromatic rings. The van der Waals surface area contributed by atoms with Gasteiger partial charge < -0.3 is 10.4 Å². The summed E-state index contributed by atoms with van der Waals surface area (Å²) in [5.74, 6) is -0.376. The van der Waals surface area contributed by atoms with Crippen LogP contribution in [0, 0.1) is 6.92 Å². The fraction of sp³-hybridized carbons (Fsp3) is 0.600. The molecule has 2 N–H and O–H groups in total. The van der Waals surface area contributed by atoms with E-state index in [2.05, 4.69) is 10.3 Å². The van der Waals surface area contributed by atoms with E-state index in [0.29, 0.717) is 15.8 Å². The number of nitrogens with one attached hydrogen (secondary N) is 1. The van der Waals surface area contributed by atoms with Crippen molar-refractivity contribution in [2.45, 2.75) is 26.3 Å². The number of aromatic carboxylic acids is 1. The topological polar surface area (TPSA) is 79.3 Å². The van der Waals surface area contributed by atoms with Crippen LogP contribution in [-0.4, -0.2) is 38.3 Å². The van der Waals surface area contributed by atoms with Gasteiger partial charge in [-0.3, -0.25) is 4.21 Å². The van der Waals surface area contributed by atoms with Gasteiger partial charge in [-0.25, -0.2) is 9.78 Å². The minimum atomic E-state index is -1.01. The van der Waals surface area contributed by atoms with Crippen molar-refractivity contribution in [3.63, 3.8) is 0 Å². The highest BCUT2D eigenvalue weighted by atomic mass is 32.2. The van der Waals surface area contributed by atoms with E-state index in [0.717, 1.165) is 6.42 Å². The zero-order valence-corrected chi connectivity index (χ0v) is 11.7. The highest BCUT2D eigenvalue weighted by molar-refractivity contribution is 7.84. The van der Waals surface area contributed by atoms with Crippen LogP contribution >= 0.6 is 11.3 Å². The van der Waals surface area contributed by atoms with Crippen LogP contribution in [0.1, 0.15) is 28.7 Å². The SMILES string of the molecule is Cc1sc(NC(C)CCS(C)=O)nc1C(=O)O. The maximum Gasteiger partial charge on any atom is 0.355 e. The lowest BCUT2D eigenvalue weighted by Crippen LogP contribution is -2.17. The smallest absolute Gasteiger partial charge is 0.355 e. The van der Waals surface area contributed by atoms with E-state index in [1.165, 1.54) is 11.3 Å². The maximum atomic E-state index is 10.9. The van der Waals surface area contributed by atoms with E-state index in [1.807, 2.05) is 6.92 Å². The van der Waals surface area contributed by atoms with Crippen LogP contribution in [0.3, 0.4) is 0 Å². The van der Waals surface area contributed by atoms with Gasteiger partial charge in [0, 0.05) is 33.7 Å². The third-order valence-electron chi connectivity index (χ3n) is 2.21. The Morgan fingerprint density at radius 3 is 2.76 bits per heavy atom. The number of carboxylic acid groups (broad SMARTS) is 1. The average Bonchev–Trinajstić information content (AvgIpc) is 2.56. The molecule has 0 fully saturated rings. The van der Waals surface area contributed by atoms with Crippen molar-refractivity contribution >= 4 is 33.2 Å². The molecule has 1 rings (SSSR count). The first-order valence-electron chi connectivity index (χ1n) is 5.17. The molecule has 7 heteroatoms. The number of anilines is 1. The molecule has 96 valence electrons. The van der Waals surface area contributed by atoms with Crippen molar-refractivity contribution in [2.24, 2.45) is 0 Å². The van der Waals surface area contributed by atoms with Gasteiger partial charge in [-0.15, -0.1) is 11.3 Å². The summed E-state index contributed by atoms with van der Waals surface area (Å²) >= 11 is 1.33. The molecule has 2 atom stereocenters. The predicted molar refractivity (Wildman–Crippen MR) is 70.4 cm³/mol. The summed E-state index contributed by atoms with van der Waals surface area (Å²) in [5, 5.41) is 12.6. The van der Waals surface area contributed by atoms with Gasteiger partial charge in [0.25, 0.3) is 0 Å². The molecule has 5 nitrogen and oxygen atoms in total. The number of hydrogen-bond donors (Lipinski definition) is 2. The number of aromatic nitrogens is 1. The predicted octanol–water partition coefficient (Wildman–Crippen LogP) is 1.72. The molecule has 0 aromatic carbocycles. The first-order valence-corrected chi connectivity index (χ1v) is 7.71. The van der Waals surface area contributed by atoms with Gasteiger partial charge in [-0.2, -0.15) is 0 Å². The van der Waals surface area contributed by atoms with E-state index in [-0.39, 0.29) is 11.7 Å². The molecule has 0 saturated heterocycles. The molecular weight excluding hydrogens is 260 g/mol. The third-order valence-corrected chi connectivity index (χ3v) is 3.92. The van der Waals surface area contributed by atoms with Gasteiger partial charge in [0.15, 0.2) is 10.8 Å². The third kappa shape index (κ3) is 4.43. The fourth-order valence-electron chi connectivity index (χ4n) is 1.28. The number of thiazole rings is 1. The number of hydrogen-bond acceptors (Lipinski definition) is 5. The summed E-state index contributed by atoms with van der Waals surface area (Å²) in [4.78, 5) is 15.5. The second-order valence-corrected chi connectivity index (χ2v) is 6.60. The van der Waals surface area contributed by atoms with E-state index in [1.54, 1.807) is 13.2 Å². The Balaban J connectivity index is 2.59. The molecule has 2 unspecified atom stereocenters. The van der Waals surface area contributed by atoms with E-state index >= 15 is 0 Å². The van der Waals surface area contributed by atoms with Crippen molar-refractivity contribution in [1.82, 2.24) is 4.98 Å². The van der Waals surface area contributed by atoms with Gasteiger partial charge in [0.2, 0.25) is 0 Å². The lowest BCUT2D eigenvalue weighted by Gasteiger charge is -2.11. The maximum absolute atomic E-state index is 10.9. The minimum Gasteiger partial charge on any atom is -0.476 e. The summed E-state index contributed by atoms with van der Waals surface area (Å²) in [6.45, 7) is 3.70. The lowest BCUT2D eigenvalue weighted by atomic mass is 10.3. The molecule has 17 heavy (non-hydrogen) atoms. The molecule has 0 saturated carbocycles. The second kappa shape index (κ2) is 6.11. The molecule has 1 aromatic heterocycles. The number of nitrogens with zero attached hydrogens (tertiary/aromatic N) is 1. The van der Waals surface area contributed by atoms with Crippen LogP contribution < -0.4 is 5.32 Å². The Hall–Kier alpha value is -0.950. The van der Waals surface area contributed by atoms with Crippen LogP contribution in [0.15, 0.2) is 0 Å². The van der Waals surface area contributed by atoms with Crippen LogP contribution in [0.2, 0.25) is 0 Å². The Kier molecular flexibility index (Phi) is 5.07. The van der Waals surface area contributed by atoms with Gasteiger partial charge in [-0.1, -0.05) is 0 Å². The lowest BCUT2D eigenvalue weighted by molar-refractivity contribution is 0.0690. The molecule has 0 aliphatic carbocycles. The molecule has 0 aliphatic rings. The van der Waals surface area contributed by atoms with Crippen molar-refractivity contribution < 1.29 is 14.1 Å². The van der Waals surface area contributed by atoms with E-state index < -0.39 is 16.8 Å². The summed E-state index contributed by atoms with van der Waals surface area (Å²) in [5.41, 5.74) is 0.101. The molecule has 1 heterocycles. The zero-order valence-electron chi connectivity index (χ0n) is 10.0. The minimum absolute atomic E-state index is 0.101. The molecule has 0 amide bonds. The monoisotopic (exact) mass is 276 g/mol. The summed E-state index contributed by atoms with van der Waals surface area (Å²) in [6, 6.07) is 0.131. The van der Waals surface area contributed by atoms with Crippen LogP contribution in [-0.2, 0) is 10.8 Å². The Labute approximate surface area is 107 Å². The summed E-state index contributed by atoms with van der Waals surface area (Å²) < 4.78 is 10.9. The van der Waals surface area contributed by atoms with Gasteiger partial charge >= 0.3 is 5.97 Å². The van der Waals surface area contributed by atoms with Crippen molar-refractivity contribution in [3.05, 3.63) is 10.6 Å². The standard InChI is InChI=1S/C10H16N2O3S2/c1-6(4-5-17(3)15)11-10-12-8(9(13)14)7(2)16-10/h6H,4-5H2,1-3H3,(H,11,12)(H,13,14).